The number of benzene rings is 2. The highest BCUT2D eigenvalue weighted by atomic mass is 35.5. The van der Waals surface area contributed by atoms with Gasteiger partial charge in [-0.1, -0.05) is 37.6 Å². The number of hydrogen-bond acceptors (Lipinski definition) is 4. The Labute approximate surface area is 186 Å². The predicted octanol–water partition coefficient (Wildman–Crippen LogP) is 5.78. The Kier molecular flexibility index (Phi) is 9.49. The van der Waals surface area contributed by atoms with Gasteiger partial charge >= 0.3 is 0 Å². The summed E-state index contributed by atoms with van der Waals surface area (Å²) in [6, 6.07) is 16.4. The van der Waals surface area contributed by atoms with Crippen LogP contribution in [0.2, 0.25) is 5.02 Å². The number of halogens is 1. The van der Waals surface area contributed by atoms with Gasteiger partial charge in [0.05, 0.1) is 25.7 Å². The van der Waals surface area contributed by atoms with Gasteiger partial charge in [-0.25, -0.2) is 0 Å². The number of nitrogens with one attached hydrogen (secondary N) is 1. The molecule has 0 bridgehead atoms. The first-order chi connectivity index (χ1) is 14.4. The highest BCUT2D eigenvalue weighted by molar-refractivity contribution is 6.30. The Morgan fingerprint density at radius 2 is 1.60 bits per heavy atom. The molecule has 0 radical (unpaired) electrons. The second kappa shape index (κ2) is 11.8. The lowest BCUT2D eigenvalue weighted by atomic mass is 9.69. The lowest BCUT2D eigenvalue weighted by Crippen LogP contribution is -2.32. The van der Waals surface area contributed by atoms with E-state index >= 15 is 0 Å². The molecule has 1 atom stereocenters. The van der Waals surface area contributed by atoms with Crippen LogP contribution in [0, 0.1) is 17.2 Å². The first-order valence-corrected chi connectivity index (χ1v) is 10.9. The third-order valence-electron chi connectivity index (χ3n) is 5.71. The second-order valence-corrected chi connectivity index (χ2v) is 8.36. The molecule has 2 aromatic rings. The van der Waals surface area contributed by atoms with E-state index in [1.165, 1.54) is 5.56 Å². The quantitative estimate of drug-likeness (QED) is 0.435. The smallest absolute Gasteiger partial charge is 0.122 e. The van der Waals surface area contributed by atoms with Crippen molar-refractivity contribution in [3.8, 4) is 17.6 Å². The summed E-state index contributed by atoms with van der Waals surface area (Å²) >= 11 is 5.93. The van der Waals surface area contributed by atoms with Gasteiger partial charge < -0.3 is 14.8 Å². The van der Waals surface area contributed by atoms with Crippen molar-refractivity contribution in [3.05, 3.63) is 58.6 Å². The van der Waals surface area contributed by atoms with Crippen LogP contribution in [0.3, 0.4) is 0 Å². The van der Waals surface area contributed by atoms with Gasteiger partial charge in [0.25, 0.3) is 0 Å². The summed E-state index contributed by atoms with van der Waals surface area (Å²) in [6.45, 7) is 6.05. The van der Waals surface area contributed by atoms with Crippen molar-refractivity contribution in [1.29, 1.82) is 5.26 Å². The average Bonchev–Trinajstić information content (AvgIpc) is 2.76. The van der Waals surface area contributed by atoms with Crippen LogP contribution < -0.4 is 14.8 Å². The molecule has 1 unspecified atom stereocenters. The molecule has 162 valence electrons. The van der Waals surface area contributed by atoms with Gasteiger partial charge in [-0.2, -0.15) is 5.26 Å². The molecule has 0 heterocycles. The molecule has 0 aromatic heterocycles. The molecule has 4 nitrogen and oxygen atoms in total. The molecule has 0 aliphatic rings. The summed E-state index contributed by atoms with van der Waals surface area (Å²) in [6.07, 6.45) is 3.80. The van der Waals surface area contributed by atoms with Gasteiger partial charge in [-0.3, -0.25) is 0 Å². The molecule has 2 aromatic carbocycles. The molecular weight excluding hydrogens is 396 g/mol. The maximum absolute atomic E-state index is 10.2. The van der Waals surface area contributed by atoms with E-state index in [0.29, 0.717) is 11.5 Å². The van der Waals surface area contributed by atoms with E-state index in [9.17, 15) is 5.26 Å². The standard InChI is InChI=1S/C25H33ClN2O2/c1-19(2)25(18-27,21-15-23(29-3)17-24(16-21)30-4)12-6-14-28-13-5-7-20-8-10-22(26)11-9-20/h8-11,15-17,19,28H,5-7,12-14H2,1-4H3. The van der Waals surface area contributed by atoms with E-state index < -0.39 is 5.41 Å². The highest BCUT2D eigenvalue weighted by Crippen LogP contribution is 2.39. The van der Waals surface area contributed by atoms with Crippen LogP contribution >= 0.6 is 11.6 Å². The fourth-order valence-electron chi connectivity index (χ4n) is 3.77. The minimum absolute atomic E-state index is 0.171. The molecule has 0 saturated carbocycles. The third kappa shape index (κ3) is 6.39. The molecule has 0 saturated heterocycles. The number of rotatable bonds is 12. The molecule has 30 heavy (non-hydrogen) atoms. The first-order valence-electron chi connectivity index (χ1n) is 10.5. The normalized spacial score (nSPS) is 13.0. The van der Waals surface area contributed by atoms with E-state index in [1.807, 2.05) is 30.3 Å². The summed E-state index contributed by atoms with van der Waals surface area (Å²) in [5, 5.41) is 14.4. The van der Waals surface area contributed by atoms with E-state index in [4.69, 9.17) is 21.1 Å². The van der Waals surface area contributed by atoms with Crippen LogP contribution in [0.5, 0.6) is 11.5 Å². The van der Waals surface area contributed by atoms with Crippen molar-refractivity contribution in [2.24, 2.45) is 5.92 Å². The molecule has 0 amide bonds. The van der Waals surface area contributed by atoms with Crippen molar-refractivity contribution in [3.63, 3.8) is 0 Å². The van der Waals surface area contributed by atoms with Gasteiger partial charge in [0.15, 0.2) is 0 Å². The van der Waals surface area contributed by atoms with Crippen molar-refractivity contribution in [1.82, 2.24) is 5.32 Å². The van der Waals surface area contributed by atoms with Gasteiger partial charge in [-0.05, 0) is 80.1 Å². The number of nitriles is 1. The fourth-order valence-corrected chi connectivity index (χ4v) is 3.89. The van der Waals surface area contributed by atoms with Gasteiger partial charge in [0.1, 0.15) is 11.5 Å². The van der Waals surface area contributed by atoms with Gasteiger partial charge in [-0.15, -0.1) is 0 Å². The van der Waals surface area contributed by atoms with Gasteiger partial charge in [0.2, 0.25) is 0 Å². The Bertz CT molecular complexity index is 808. The minimum atomic E-state index is -0.577. The average molecular weight is 429 g/mol. The maximum atomic E-state index is 10.2. The topological polar surface area (TPSA) is 54.3 Å². The zero-order chi connectivity index (χ0) is 22.0. The first kappa shape index (κ1) is 24.1. The lowest BCUT2D eigenvalue weighted by Gasteiger charge is -2.32. The molecule has 5 heteroatoms. The summed E-state index contributed by atoms with van der Waals surface area (Å²) in [4.78, 5) is 0. The van der Waals surface area contributed by atoms with Crippen molar-refractivity contribution in [2.45, 2.75) is 44.9 Å². The molecule has 2 rings (SSSR count). The summed E-state index contributed by atoms with van der Waals surface area (Å²) in [7, 11) is 3.27. The minimum Gasteiger partial charge on any atom is -0.497 e. The SMILES string of the molecule is COc1cc(OC)cc(C(C#N)(CCCNCCCc2ccc(Cl)cc2)C(C)C)c1. The van der Waals surface area contributed by atoms with E-state index in [-0.39, 0.29) is 5.92 Å². The zero-order valence-corrected chi connectivity index (χ0v) is 19.3. The van der Waals surface area contributed by atoms with Crippen molar-refractivity contribution < 1.29 is 9.47 Å². The number of methoxy groups -OCH3 is 2. The van der Waals surface area contributed by atoms with Crippen LogP contribution in [-0.4, -0.2) is 27.3 Å². The van der Waals surface area contributed by atoms with Crippen LogP contribution in [0.4, 0.5) is 0 Å². The number of ether oxygens (including phenoxy) is 2. The fraction of sp³-hybridized carbons (Fsp3) is 0.480. The Hall–Kier alpha value is -2.22. The monoisotopic (exact) mass is 428 g/mol. The van der Waals surface area contributed by atoms with Crippen LogP contribution in [0.25, 0.3) is 0 Å². The van der Waals surface area contributed by atoms with E-state index in [0.717, 1.165) is 49.4 Å². The molecule has 0 aliphatic heterocycles. The zero-order valence-electron chi connectivity index (χ0n) is 18.5. The number of aryl methyl sites for hydroxylation is 1. The molecule has 0 spiro atoms. The lowest BCUT2D eigenvalue weighted by molar-refractivity contribution is 0.348. The Morgan fingerprint density at radius 3 is 2.13 bits per heavy atom. The summed E-state index contributed by atoms with van der Waals surface area (Å²) < 4.78 is 10.8. The largest absolute Gasteiger partial charge is 0.497 e. The van der Waals surface area contributed by atoms with Crippen molar-refractivity contribution in [2.75, 3.05) is 27.3 Å². The second-order valence-electron chi connectivity index (χ2n) is 7.92. The van der Waals surface area contributed by atoms with Crippen LogP contribution in [0.15, 0.2) is 42.5 Å². The van der Waals surface area contributed by atoms with Crippen LogP contribution in [0.1, 0.15) is 44.2 Å². The van der Waals surface area contributed by atoms with E-state index in [2.05, 4.69) is 37.4 Å². The van der Waals surface area contributed by atoms with Crippen LogP contribution in [-0.2, 0) is 11.8 Å². The summed E-state index contributed by atoms with van der Waals surface area (Å²) in [5.74, 6) is 1.60. The Balaban J connectivity index is 1.91. The predicted molar refractivity (Wildman–Crippen MR) is 124 cm³/mol. The Morgan fingerprint density at radius 1 is 1.00 bits per heavy atom. The maximum Gasteiger partial charge on any atom is 0.122 e. The number of nitrogens with zero attached hydrogens (tertiary/aromatic N) is 1. The molecule has 0 aliphatic carbocycles. The highest BCUT2D eigenvalue weighted by Gasteiger charge is 2.36. The third-order valence-corrected chi connectivity index (χ3v) is 5.96. The molecule has 0 fully saturated rings. The van der Waals surface area contributed by atoms with Gasteiger partial charge in [0, 0.05) is 11.1 Å². The van der Waals surface area contributed by atoms with Crippen molar-refractivity contribution >= 4 is 11.6 Å². The molecule has 1 N–H and O–H groups in total. The number of hydrogen-bond donors (Lipinski definition) is 1. The molecular formula is C25H33ClN2O2. The summed E-state index contributed by atoms with van der Waals surface area (Å²) in [5.41, 5.74) is 1.68. The van der Waals surface area contributed by atoms with E-state index in [1.54, 1.807) is 14.2 Å².